The number of aliphatic hydroxyl groups excluding tert-OH is 1. The van der Waals surface area contributed by atoms with Gasteiger partial charge >= 0.3 is 0 Å². The predicted molar refractivity (Wildman–Crippen MR) is 68.2 cm³/mol. The van der Waals surface area contributed by atoms with E-state index in [-0.39, 0.29) is 23.9 Å². The number of aliphatic hydroxyl groups is 1. The number of rotatable bonds is 7. The molecule has 0 aliphatic heterocycles. The third-order valence-electron chi connectivity index (χ3n) is 4.01. The highest BCUT2D eigenvalue weighted by Crippen LogP contribution is 2.31. The van der Waals surface area contributed by atoms with Crippen molar-refractivity contribution in [2.45, 2.75) is 56.8 Å². The minimum atomic E-state index is -0.124. The van der Waals surface area contributed by atoms with E-state index >= 15 is 0 Å². The Hall–Kier alpha value is -0.160. The summed E-state index contributed by atoms with van der Waals surface area (Å²) in [7, 11) is 3.64. The van der Waals surface area contributed by atoms with Gasteiger partial charge in [-0.25, -0.2) is 0 Å². The fourth-order valence-corrected chi connectivity index (χ4v) is 2.24. The molecule has 1 aliphatic rings. The second-order valence-corrected chi connectivity index (χ2v) is 5.64. The molecule has 4 heteroatoms. The third-order valence-corrected chi connectivity index (χ3v) is 4.01. The molecule has 1 saturated carbocycles. The van der Waals surface area contributed by atoms with Gasteiger partial charge in [0.15, 0.2) is 0 Å². The van der Waals surface area contributed by atoms with Gasteiger partial charge in [0, 0.05) is 19.3 Å². The van der Waals surface area contributed by atoms with E-state index in [0.29, 0.717) is 0 Å². The molecular weight excluding hydrogens is 218 g/mol. The fourth-order valence-electron chi connectivity index (χ4n) is 2.24. The number of hydrogen-bond donors (Lipinski definition) is 2. The Labute approximate surface area is 105 Å². The highest BCUT2D eigenvalue weighted by atomic mass is 16.5. The van der Waals surface area contributed by atoms with Crippen LogP contribution in [0.5, 0.6) is 0 Å². The average molecular weight is 245 g/mol. The molecule has 4 nitrogen and oxygen atoms in total. The predicted octanol–water partition coefficient (Wildman–Crippen LogP) is 1.32. The standard InChI is InChI=1S/C13H27NO3/c1-12(2,16-4)7-8-17-11-5-6-13(9-11,10-15)14-3/h11,14-15H,5-10H2,1-4H3. The van der Waals surface area contributed by atoms with Crippen molar-refractivity contribution in [3.05, 3.63) is 0 Å². The zero-order valence-corrected chi connectivity index (χ0v) is 11.6. The molecule has 1 aliphatic carbocycles. The lowest BCUT2D eigenvalue weighted by Gasteiger charge is -2.27. The van der Waals surface area contributed by atoms with Gasteiger partial charge in [-0.2, -0.15) is 0 Å². The van der Waals surface area contributed by atoms with Crippen molar-refractivity contribution in [3.8, 4) is 0 Å². The van der Waals surface area contributed by atoms with Crippen molar-refractivity contribution in [2.75, 3.05) is 27.4 Å². The summed E-state index contributed by atoms with van der Waals surface area (Å²) in [6, 6.07) is 0. The van der Waals surface area contributed by atoms with Crippen molar-refractivity contribution >= 4 is 0 Å². The lowest BCUT2D eigenvalue weighted by atomic mass is 9.99. The molecule has 2 N–H and O–H groups in total. The number of likely N-dealkylation sites (N-methyl/N-ethyl adjacent to an activating group) is 1. The first kappa shape index (κ1) is 14.9. The summed E-state index contributed by atoms with van der Waals surface area (Å²) in [5.41, 5.74) is -0.239. The van der Waals surface area contributed by atoms with Crippen LogP contribution in [-0.2, 0) is 9.47 Å². The maximum Gasteiger partial charge on any atom is 0.0644 e. The van der Waals surface area contributed by atoms with Gasteiger partial charge in [0.05, 0.1) is 18.3 Å². The van der Waals surface area contributed by atoms with Crippen LogP contribution in [0.2, 0.25) is 0 Å². The minimum Gasteiger partial charge on any atom is -0.394 e. The summed E-state index contributed by atoms with van der Waals surface area (Å²) in [6.45, 7) is 5.04. The Morgan fingerprint density at radius 1 is 1.47 bits per heavy atom. The van der Waals surface area contributed by atoms with Crippen LogP contribution in [0.1, 0.15) is 39.5 Å². The Kier molecular flexibility index (Phi) is 5.38. The highest BCUT2D eigenvalue weighted by molar-refractivity contribution is 4.95. The number of ether oxygens (including phenoxy) is 2. The third kappa shape index (κ3) is 4.21. The maximum absolute atomic E-state index is 9.39. The normalized spacial score (nSPS) is 29.8. The van der Waals surface area contributed by atoms with Crippen molar-refractivity contribution in [1.82, 2.24) is 5.32 Å². The van der Waals surface area contributed by atoms with Crippen LogP contribution < -0.4 is 5.32 Å². The van der Waals surface area contributed by atoms with Gasteiger partial charge in [-0.3, -0.25) is 0 Å². The van der Waals surface area contributed by atoms with Crippen molar-refractivity contribution in [2.24, 2.45) is 0 Å². The highest BCUT2D eigenvalue weighted by Gasteiger charge is 2.37. The summed E-state index contributed by atoms with van der Waals surface area (Å²) in [6.07, 6.45) is 4.06. The van der Waals surface area contributed by atoms with Gasteiger partial charge in [-0.05, 0) is 46.6 Å². The monoisotopic (exact) mass is 245 g/mol. The largest absolute Gasteiger partial charge is 0.394 e. The summed E-state index contributed by atoms with van der Waals surface area (Å²) < 4.78 is 11.2. The first-order valence-electron chi connectivity index (χ1n) is 6.43. The molecule has 2 unspecified atom stereocenters. The molecule has 0 heterocycles. The molecule has 1 rings (SSSR count). The van der Waals surface area contributed by atoms with Gasteiger partial charge in [0.1, 0.15) is 0 Å². The van der Waals surface area contributed by atoms with Gasteiger partial charge in [-0.1, -0.05) is 0 Å². The van der Waals surface area contributed by atoms with Crippen LogP contribution in [0.25, 0.3) is 0 Å². The smallest absolute Gasteiger partial charge is 0.0644 e. The second kappa shape index (κ2) is 6.14. The van der Waals surface area contributed by atoms with E-state index in [0.717, 1.165) is 32.3 Å². The SMILES string of the molecule is CNC1(CO)CCC(OCCC(C)(C)OC)C1. The summed E-state index contributed by atoms with van der Waals surface area (Å²) in [4.78, 5) is 0. The molecule has 0 amide bonds. The van der Waals surface area contributed by atoms with Gasteiger partial charge in [0.25, 0.3) is 0 Å². The molecule has 0 aromatic rings. The Morgan fingerprint density at radius 3 is 2.65 bits per heavy atom. The van der Waals surface area contributed by atoms with Crippen LogP contribution in [0, 0.1) is 0 Å². The topological polar surface area (TPSA) is 50.7 Å². The lowest BCUT2D eigenvalue weighted by Crippen LogP contribution is -2.44. The Bertz CT molecular complexity index is 227. The first-order chi connectivity index (χ1) is 7.97. The molecule has 17 heavy (non-hydrogen) atoms. The molecular formula is C13H27NO3. The van der Waals surface area contributed by atoms with E-state index in [1.165, 1.54) is 0 Å². The molecule has 1 fully saturated rings. The van der Waals surface area contributed by atoms with Crippen molar-refractivity contribution in [3.63, 3.8) is 0 Å². The van der Waals surface area contributed by atoms with Crippen LogP contribution in [0.3, 0.4) is 0 Å². The van der Waals surface area contributed by atoms with Gasteiger partial charge < -0.3 is 19.9 Å². The van der Waals surface area contributed by atoms with Crippen LogP contribution in [-0.4, -0.2) is 49.7 Å². The average Bonchev–Trinajstić information content (AvgIpc) is 2.73. The van der Waals surface area contributed by atoms with E-state index in [1.807, 2.05) is 7.05 Å². The molecule has 2 atom stereocenters. The maximum atomic E-state index is 9.39. The summed E-state index contributed by atoms with van der Waals surface area (Å²) >= 11 is 0. The van der Waals surface area contributed by atoms with Crippen molar-refractivity contribution < 1.29 is 14.6 Å². The zero-order chi connectivity index (χ0) is 12.9. The van der Waals surface area contributed by atoms with E-state index in [4.69, 9.17) is 9.47 Å². The quantitative estimate of drug-likeness (QED) is 0.710. The van der Waals surface area contributed by atoms with Gasteiger partial charge in [0.2, 0.25) is 0 Å². The lowest BCUT2D eigenvalue weighted by molar-refractivity contribution is -0.0272. The van der Waals surface area contributed by atoms with Crippen molar-refractivity contribution in [1.29, 1.82) is 0 Å². The molecule has 0 aromatic carbocycles. The summed E-state index contributed by atoms with van der Waals surface area (Å²) in [5.74, 6) is 0. The summed E-state index contributed by atoms with van der Waals surface area (Å²) in [5, 5.41) is 12.6. The number of methoxy groups -OCH3 is 1. The second-order valence-electron chi connectivity index (χ2n) is 5.64. The Morgan fingerprint density at radius 2 is 2.18 bits per heavy atom. The Balaban J connectivity index is 2.27. The first-order valence-corrected chi connectivity index (χ1v) is 6.43. The number of hydrogen-bond acceptors (Lipinski definition) is 4. The van der Waals surface area contributed by atoms with Gasteiger partial charge in [-0.15, -0.1) is 0 Å². The van der Waals surface area contributed by atoms with E-state index in [2.05, 4.69) is 19.2 Å². The van der Waals surface area contributed by atoms with E-state index < -0.39 is 0 Å². The molecule has 0 radical (unpaired) electrons. The van der Waals surface area contributed by atoms with E-state index in [9.17, 15) is 5.11 Å². The van der Waals surface area contributed by atoms with Crippen LogP contribution >= 0.6 is 0 Å². The zero-order valence-electron chi connectivity index (χ0n) is 11.6. The molecule has 0 bridgehead atoms. The molecule has 0 spiro atoms. The molecule has 0 aromatic heterocycles. The van der Waals surface area contributed by atoms with E-state index in [1.54, 1.807) is 7.11 Å². The number of nitrogens with one attached hydrogen (secondary N) is 1. The molecule has 102 valence electrons. The fraction of sp³-hybridized carbons (Fsp3) is 1.00. The van der Waals surface area contributed by atoms with Crippen LogP contribution in [0.4, 0.5) is 0 Å². The van der Waals surface area contributed by atoms with Crippen LogP contribution in [0.15, 0.2) is 0 Å². The minimum absolute atomic E-state index is 0.115. The molecule has 0 saturated heterocycles.